The van der Waals surface area contributed by atoms with Crippen LogP contribution in [0.3, 0.4) is 0 Å². The quantitative estimate of drug-likeness (QED) is 0.284. The maximum absolute atomic E-state index is 13.3. The molecule has 0 saturated carbocycles. The van der Waals surface area contributed by atoms with Gasteiger partial charge in [0.25, 0.3) is 0 Å². The first-order valence-corrected chi connectivity index (χ1v) is 15.9. The summed E-state index contributed by atoms with van der Waals surface area (Å²) in [5.74, 6) is 0.164. The third-order valence-corrected chi connectivity index (χ3v) is 10.8. The molecule has 240 valence electrons. The number of nitrogens with one attached hydrogen (secondary N) is 2. The van der Waals surface area contributed by atoms with Crippen LogP contribution in [0.5, 0.6) is 28.7 Å². The van der Waals surface area contributed by atoms with Gasteiger partial charge in [0.1, 0.15) is 24.6 Å². The number of ether oxygens (including phenoxy) is 5. The van der Waals surface area contributed by atoms with E-state index >= 15 is 0 Å². The third kappa shape index (κ3) is 4.52. The Bertz CT molecular complexity index is 1630. The summed E-state index contributed by atoms with van der Waals surface area (Å²) in [7, 11) is 1.51. The number of aliphatic hydroxyl groups is 1. The molecular formula is C31H35N3O10S. The van der Waals surface area contributed by atoms with Gasteiger partial charge in [-0.05, 0) is 31.4 Å². The first-order chi connectivity index (χ1) is 21.5. The van der Waals surface area contributed by atoms with Crippen molar-refractivity contribution in [2.24, 2.45) is 0 Å². The number of phenols is 1. The monoisotopic (exact) mass is 641 g/mol. The lowest BCUT2D eigenvalue weighted by atomic mass is 9.74. The Hall–Kier alpha value is -3.72. The van der Waals surface area contributed by atoms with Gasteiger partial charge >= 0.3 is 11.9 Å². The van der Waals surface area contributed by atoms with Crippen molar-refractivity contribution in [3.63, 3.8) is 0 Å². The van der Waals surface area contributed by atoms with Crippen LogP contribution in [0, 0.1) is 13.8 Å². The molecule has 14 heteroatoms. The Morgan fingerprint density at radius 1 is 1.11 bits per heavy atom. The molecule has 2 aromatic carbocycles. The van der Waals surface area contributed by atoms with Gasteiger partial charge in [-0.25, -0.2) is 4.79 Å². The van der Waals surface area contributed by atoms with Crippen LogP contribution in [0.15, 0.2) is 6.07 Å². The minimum Gasteiger partial charge on any atom is -0.504 e. The molecule has 2 saturated heterocycles. The van der Waals surface area contributed by atoms with Gasteiger partial charge in [0.2, 0.25) is 12.7 Å². The van der Waals surface area contributed by atoms with E-state index in [0.29, 0.717) is 51.7 Å². The standard InChI is InChI=1S/C31H35N3O10S/c1-11-6-15-7-16-30(38)34-18-8-41-31(39)17(32-13(3)35)9-45-29(23(34)22(33-16)19(15)24(37)25(11)40-5)21-20(18)28-27(42-10-43-28)12(2)26(21)44-14(4)36/h6,16-18,22-23,29-30,33,37-38H,7-10H2,1-5H3,(H,32,35)/t16?,17?,18-,22?,23+,29+,30-/m0/s1. The van der Waals surface area contributed by atoms with E-state index < -0.39 is 53.6 Å². The third-order valence-electron chi connectivity index (χ3n) is 9.36. The number of piperazine rings is 1. The second kappa shape index (κ2) is 11.0. The van der Waals surface area contributed by atoms with Gasteiger partial charge < -0.3 is 44.5 Å². The molecule has 1 amide bonds. The second-order valence-electron chi connectivity index (χ2n) is 12.0. The van der Waals surface area contributed by atoms with E-state index in [-0.39, 0.29) is 30.8 Å². The first-order valence-electron chi connectivity index (χ1n) is 14.8. The molecule has 0 radical (unpaired) electrons. The van der Waals surface area contributed by atoms with E-state index in [2.05, 4.69) is 10.6 Å². The summed E-state index contributed by atoms with van der Waals surface area (Å²) in [6.45, 7) is 6.07. The van der Waals surface area contributed by atoms with Crippen molar-refractivity contribution in [3.8, 4) is 28.7 Å². The molecule has 5 aliphatic rings. The number of cyclic esters (lactones) is 1. The minimum atomic E-state index is -1.04. The zero-order valence-electron chi connectivity index (χ0n) is 25.5. The summed E-state index contributed by atoms with van der Waals surface area (Å²) in [4.78, 5) is 39.8. The number of carbonyl (C=O) groups is 3. The number of hydrogen-bond acceptors (Lipinski definition) is 13. The Morgan fingerprint density at radius 3 is 2.58 bits per heavy atom. The fourth-order valence-corrected chi connectivity index (χ4v) is 9.25. The number of benzene rings is 2. The second-order valence-corrected chi connectivity index (χ2v) is 13.2. The van der Waals surface area contributed by atoms with E-state index in [1.807, 2.05) is 17.9 Å². The van der Waals surface area contributed by atoms with Crippen LogP contribution < -0.4 is 29.6 Å². The number of amides is 1. The number of thioether (sulfide) groups is 1. The Labute approximate surface area is 263 Å². The van der Waals surface area contributed by atoms with Crippen molar-refractivity contribution >= 4 is 29.6 Å². The number of aryl methyl sites for hydroxylation is 1. The lowest BCUT2D eigenvalue weighted by molar-refractivity contribution is -0.160. The fraction of sp³-hybridized carbons (Fsp3) is 0.516. The van der Waals surface area contributed by atoms with E-state index in [1.54, 1.807) is 6.92 Å². The molecule has 0 aromatic heterocycles. The molecule has 4 N–H and O–H groups in total. The average Bonchev–Trinajstić information content (AvgIpc) is 3.48. The molecule has 5 aliphatic heterocycles. The number of methoxy groups -OCH3 is 1. The lowest BCUT2D eigenvalue weighted by Gasteiger charge is -2.59. The van der Waals surface area contributed by atoms with Gasteiger partial charge in [0.05, 0.1) is 30.5 Å². The van der Waals surface area contributed by atoms with Gasteiger partial charge in [-0.3, -0.25) is 14.5 Å². The molecule has 4 bridgehead atoms. The van der Waals surface area contributed by atoms with Gasteiger partial charge in [-0.1, -0.05) is 6.07 Å². The van der Waals surface area contributed by atoms with Crippen LogP contribution in [0.1, 0.15) is 64.6 Å². The number of carbonyl (C=O) groups excluding carboxylic acids is 3. The molecule has 45 heavy (non-hydrogen) atoms. The highest BCUT2D eigenvalue weighted by atomic mass is 32.2. The highest BCUT2D eigenvalue weighted by molar-refractivity contribution is 7.99. The number of hydrogen-bond donors (Lipinski definition) is 4. The van der Waals surface area contributed by atoms with Crippen LogP contribution >= 0.6 is 11.8 Å². The summed E-state index contributed by atoms with van der Waals surface area (Å²) < 4.78 is 29.3. The molecular weight excluding hydrogens is 606 g/mol. The van der Waals surface area contributed by atoms with Gasteiger partial charge in [-0.15, -0.1) is 11.8 Å². The largest absolute Gasteiger partial charge is 0.504 e. The molecule has 7 atom stereocenters. The van der Waals surface area contributed by atoms with Crippen LogP contribution in [-0.2, 0) is 25.5 Å². The maximum atomic E-state index is 13.3. The van der Waals surface area contributed by atoms with Crippen molar-refractivity contribution in [2.75, 3.05) is 26.3 Å². The van der Waals surface area contributed by atoms with Crippen molar-refractivity contribution in [2.45, 2.75) is 75.8 Å². The van der Waals surface area contributed by atoms with Gasteiger partial charge in [-0.2, -0.15) is 0 Å². The molecule has 3 unspecified atom stereocenters. The number of esters is 2. The van der Waals surface area contributed by atoms with Crippen molar-refractivity contribution in [3.05, 3.63) is 39.4 Å². The van der Waals surface area contributed by atoms with Crippen molar-refractivity contribution in [1.29, 1.82) is 0 Å². The number of phenolic OH excluding ortho intramolecular Hbond substituents is 1. The highest BCUT2D eigenvalue weighted by Crippen LogP contribution is 2.62. The van der Waals surface area contributed by atoms with E-state index in [1.165, 1.54) is 32.7 Å². The van der Waals surface area contributed by atoms with Crippen LogP contribution in [0.2, 0.25) is 0 Å². The maximum Gasteiger partial charge on any atom is 0.329 e. The van der Waals surface area contributed by atoms with Crippen LogP contribution in [0.4, 0.5) is 0 Å². The van der Waals surface area contributed by atoms with E-state index in [4.69, 9.17) is 23.7 Å². The number of aromatic hydroxyl groups is 1. The number of rotatable bonds is 3. The molecule has 0 aliphatic carbocycles. The zero-order valence-corrected chi connectivity index (χ0v) is 26.3. The summed E-state index contributed by atoms with van der Waals surface area (Å²) in [6.07, 6.45) is -0.605. The molecule has 2 aromatic rings. The fourth-order valence-electron chi connectivity index (χ4n) is 7.73. The van der Waals surface area contributed by atoms with Crippen LogP contribution in [0.25, 0.3) is 0 Å². The topological polar surface area (TPSA) is 165 Å². The SMILES string of the molecule is COc1c(C)cc2c(c1O)C1NC(C2)[C@H](O)N2[C@H]1[C@@H]1SCC(NC(C)=O)C(=O)OC[C@H]2c2c3c(c(C)c(OC(C)=O)c21)OCO3. The summed E-state index contributed by atoms with van der Waals surface area (Å²) in [5, 5.41) is 29.4. The smallest absolute Gasteiger partial charge is 0.329 e. The summed E-state index contributed by atoms with van der Waals surface area (Å²) in [5.41, 5.74) is 4.16. The van der Waals surface area contributed by atoms with E-state index in [9.17, 15) is 24.6 Å². The van der Waals surface area contributed by atoms with E-state index in [0.717, 1.165) is 11.1 Å². The highest BCUT2D eigenvalue weighted by Gasteiger charge is 2.58. The predicted octanol–water partition coefficient (Wildman–Crippen LogP) is 1.82. The summed E-state index contributed by atoms with van der Waals surface area (Å²) >= 11 is 1.37. The van der Waals surface area contributed by atoms with Gasteiger partial charge in [0.15, 0.2) is 23.0 Å². The normalized spacial score (nSPS) is 29.6. The van der Waals surface area contributed by atoms with Gasteiger partial charge in [0, 0.05) is 47.9 Å². The Kier molecular flexibility index (Phi) is 7.30. The first kappa shape index (κ1) is 30.0. The van der Waals surface area contributed by atoms with Crippen molar-refractivity contribution in [1.82, 2.24) is 15.5 Å². The molecule has 2 fully saturated rings. The number of nitrogens with zero attached hydrogens (tertiary/aromatic N) is 1. The number of fused-ring (bicyclic) bond motifs is 9. The molecule has 5 heterocycles. The average molecular weight is 642 g/mol. The Morgan fingerprint density at radius 2 is 1.87 bits per heavy atom. The lowest BCUT2D eigenvalue weighted by Crippen LogP contribution is -2.69. The van der Waals surface area contributed by atoms with Crippen LogP contribution in [-0.4, -0.2) is 83.6 Å². The Balaban J connectivity index is 1.50. The molecule has 0 spiro atoms. The predicted molar refractivity (Wildman–Crippen MR) is 160 cm³/mol. The summed E-state index contributed by atoms with van der Waals surface area (Å²) in [6, 6.07) is -1.21. The number of aliphatic hydroxyl groups excluding tert-OH is 1. The minimum absolute atomic E-state index is 0.0163. The molecule has 13 nitrogen and oxygen atoms in total. The van der Waals surface area contributed by atoms with Crippen molar-refractivity contribution < 1.29 is 48.3 Å². The molecule has 7 rings (SSSR count). The zero-order chi connectivity index (χ0) is 31.9.